The highest BCUT2D eigenvalue weighted by atomic mass is 17.3. The van der Waals surface area contributed by atoms with Gasteiger partial charge in [0.05, 0.1) is 0 Å². The molecule has 0 aromatic carbocycles. The molecular formula is C6H15N7O4. The average molecular weight is 251 g/mol. The zero-order valence-corrected chi connectivity index (χ0v) is 8.91. The van der Waals surface area contributed by atoms with Crippen LogP contribution in [0.1, 0.15) is 6.42 Å². The van der Waals surface area contributed by atoms with Gasteiger partial charge < -0.3 is 33.5 Å². The van der Waals surface area contributed by atoms with Crippen LogP contribution < -0.4 is 28.7 Å². The third kappa shape index (κ3) is 8.56. The summed E-state index contributed by atoms with van der Waals surface area (Å²) < 4.78 is 0. The quantitative estimate of drug-likeness (QED) is 0.100. The second kappa shape index (κ2) is 7.81. The van der Waals surface area contributed by atoms with Crippen LogP contribution in [0, 0.1) is 0 Å². The molecule has 11 heteroatoms. The lowest BCUT2D eigenvalue weighted by Gasteiger charge is -2.07. The van der Waals surface area contributed by atoms with Gasteiger partial charge in [-0.25, -0.2) is 9.68 Å². The first kappa shape index (κ1) is 14.6. The lowest BCUT2D eigenvalue weighted by molar-refractivity contribution is -0.274. The van der Waals surface area contributed by atoms with Crippen LogP contribution in [0.5, 0.6) is 0 Å². The van der Waals surface area contributed by atoms with Gasteiger partial charge in [0.1, 0.15) is 12.6 Å². The molecule has 0 aromatic rings. The number of guanidine groups is 2. The molecule has 0 radical (unpaired) electrons. The highest BCUT2D eigenvalue weighted by molar-refractivity contribution is 5.76. The summed E-state index contributed by atoms with van der Waals surface area (Å²) in [4.78, 5) is 23.9. The molecule has 0 aliphatic carbocycles. The molecule has 0 fully saturated rings. The summed E-state index contributed by atoms with van der Waals surface area (Å²) in [5.41, 5.74) is 25.2. The van der Waals surface area contributed by atoms with Gasteiger partial charge in [-0.3, -0.25) is 0 Å². The average Bonchev–Trinajstić information content (AvgIpc) is 2.23. The van der Waals surface area contributed by atoms with E-state index in [1.54, 1.807) is 0 Å². The molecule has 0 bridgehead atoms. The third-order valence-electron chi connectivity index (χ3n) is 1.25. The van der Waals surface area contributed by atoms with E-state index in [0.717, 1.165) is 0 Å². The van der Waals surface area contributed by atoms with E-state index in [-0.39, 0.29) is 19.0 Å². The van der Waals surface area contributed by atoms with E-state index in [0.29, 0.717) is 0 Å². The van der Waals surface area contributed by atoms with Gasteiger partial charge in [-0.05, 0) is 5.16 Å². The second-order valence-electron chi connectivity index (χ2n) is 2.74. The molecule has 0 saturated carbocycles. The van der Waals surface area contributed by atoms with Crippen LogP contribution in [0.25, 0.3) is 0 Å². The van der Waals surface area contributed by atoms with Crippen molar-refractivity contribution in [3.63, 3.8) is 0 Å². The molecule has 10 N–H and O–H groups in total. The van der Waals surface area contributed by atoms with Crippen LogP contribution in [0.15, 0.2) is 10.3 Å². The Labute approximate surface area is 96.4 Å². The fraction of sp³-hybridized carbons (Fsp3) is 0.500. The van der Waals surface area contributed by atoms with Crippen molar-refractivity contribution in [1.29, 1.82) is 0 Å². The molecule has 0 unspecified atom stereocenters. The van der Waals surface area contributed by atoms with E-state index in [1.165, 1.54) is 0 Å². The number of carbonyl (C=O) groups excluding carboxylic acids is 1. The summed E-state index contributed by atoms with van der Waals surface area (Å²) in [5.74, 6) is -1.51. The fourth-order valence-corrected chi connectivity index (χ4v) is 0.578. The van der Waals surface area contributed by atoms with E-state index >= 15 is 0 Å². The van der Waals surface area contributed by atoms with Crippen LogP contribution in [-0.4, -0.2) is 30.5 Å². The van der Waals surface area contributed by atoms with Crippen LogP contribution >= 0.6 is 0 Å². The molecular weight excluding hydrogens is 236 g/mol. The molecule has 0 saturated heterocycles. The number of rotatable bonds is 7. The van der Waals surface area contributed by atoms with Crippen LogP contribution in [0.3, 0.4) is 0 Å². The molecule has 1 atom stereocenters. The number of nitrogens with two attached hydrogens (primary N) is 5. The largest absolute Gasteiger partial charge is 0.393 e. The van der Waals surface area contributed by atoms with Gasteiger partial charge in [0, 0.05) is 11.6 Å². The zero-order valence-electron chi connectivity index (χ0n) is 8.91. The van der Waals surface area contributed by atoms with E-state index < -0.39 is 18.0 Å². The van der Waals surface area contributed by atoms with E-state index in [1.807, 2.05) is 0 Å². The smallest absolute Gasteiger partial charge is 0.374 e. The van der Waals surface area contributed by atoms with Crippen molar-refractivity contribution in [1.82, 2.24) is 0 Å². The standard InChI is InChI=1S/C6H15N7O4/c7-3(1-2-15-12-5(8)9)4(14)16-17-13-6(10)11/h3H,1-2,7H2,(H4,8,9,12)(H4,10,11,13)/t3-/m0/s1/i6+2. The third-order valence-corrected chi connectivity index (χ3v) is 1.25. The van der Waals surface area contributed by atoms with Crippen molar-refractivity contribution in [3.8, 4) is 0 Å². The van der Waals surface area contributed by atoms with E-state index in [4.69, 9.17) is 28.7 Å². The predicted molar refractivity (Wildman–Crippen MR) is 57.3 cm³/mol. The number of oxime groups is 2. The molecule has 0 aliphatic rings. The van der Waals surface area contributed by atoms with Crippen molar-refractivity contribution in [2.75, 3.05) is 6.61 Å². The monoisotopic (exact) mass is 251 g/mol. The molecule has 98 valence electrons. The number of carbonyl (C=O) groups is 1. The molecule has 11 nitrogen and oxygen atoms in total. The summed E-state index contributed by atoms with van der Waals surface area (Å²) >= 11 is 0. The van der Waals surface area contributed by atoms with Gasteiger partial charge in [-0.15, -0.1) is 0 Å². The summed E-state index contributed by atoms with van der Waals surface area (Å²) in [5, 5.41) is 6.17. The number of hydrogen-bond acceptors (Lipinski definition) is 7. The Morgan fingerprint density at radius 2 is 2.00 bits per heavy atom. The first-order chi connectivity index (χ1) is 7.93. The molecule has 0 aromatic heterocycles. The normalized spacial score (nSPS) is 10.9. The second-order valence-corrected chi connectivity index (χ2v) is 2.74. The highest BCUT2D eigenvalue weighted by Gasteiger charge is 2.16. The van der Waals surface area contributed by atoms with Gasteiger partial charge in [0.25, 0.3) is 0 Å². The van der Waals surface area contributed by atoms with Gasteiger partial charge in [0.2, 0.25) is 11.9 Å². The predicted octanol–water partition coefficient (Wildman–Crippen LogP) is -3.43. The Hall–Kier alpha value is -2.43. The van der Waals surface area contributed by atoms with Gasteiger partial charge in [0.15, 0.2) is 0 Å². The van der Waals surface area contributed by atoms with Crippen molar-refractivity contribution >= 4 is 17.9 Å². The van der Waals surface area contributed by atoms with Crippen LogP contribution in [-0.2, 0) is 19.5 Å². The minimum atomic E-state index is -0.988. The SMILES string of the molecule is NC(N)=NOCC[C@H](N)C(=O)OON=[14C](N)N. The maximum atomic E-state index is 11.1. The van der Waals surface area contributed by atoms with Crippen LogP contribution in [0.2, 0.25) is 0 Å². The molecule has 0 heterocycles. The van der Waals surface area contributed by atoms with E-state index in [9.17, 15) is 4.79 Å². The maximum Gasteiger partial charge on any atom is 0.374 e. The molecule has 0 rings (SSSR count). The Morgan fingerprint density at radius 1 is 1.35 bits per heavy atom. The van der Waals surface area contributed by atoms with Crippen molar-refractivity contribution < 1.29 is 19.5 Å². The van der Waals surface area contributed by atoms with Gasteiger partial charge in [-0.1, -0.05) is 0 Å². The fourth-order valence-electron chi connectivity index (χ4n) is 0.578. The van der Waals surface area contributed by atoms with Crippen molar-refractivity contribution in [2.24, 2.45) is 39.0 Å². The molecule has 17 heavy (non-hydrogen) atoms. The Kier molecular flexibility index (Phi) is 6.69. The van der Waals surface area contributed by atoms with Crippen molar-refractivity contribution in [3.05, 3.63) is 0 Å². The Bertz CT molecular complexity index is 297. The minimum absolute atomic E-state index is 0.0243. The van der Waals surface area contributed by atoms with E-state index in [2.05, 4.69) is 25.0 Å². The lowest BCUT2D eigenvalue weighted by Crippen LogP contribution is -2.33. The first-order valence-corrected chi connectivity index (χ1v) is 4.36. The van der Waals surface area contributed by atoms with Gasteiger partial charge >= 0.3 is 5.97 Å². The minimum Gasteiger partial charge on any atom is -0.393 e. The number of hydrogen-bond donors (Lipinski definition) is 5. The van der Waals surface area contributed by atoms with Gasteiger partial charge in [-0.2, -0.15) is 4.99 Å². The Balaban J connectivity index is 3.75. The highest BCUT2D eigenvalue weighted by Crippen LogP contribution is 1.94. The summed E-state index contributed by atoms with van der Waals surface area (Å²) in [6.07, 6.45) is 0.112. The van der Waals surface area contributed by atoms with Crippen molar-refractivity contribution in [2.45, 2.75) is 12.5 Å². The first-order valence-electron chi connectivity index (χ1n) is 4.36. The lowest BCUT2D eigenvalue weighted by atomic mass is 10.2. The summed E-state index contributed by atoms with van der Waals surface area (Å²) in [7, 11) is 0. The summed E-state index contributed by atoms with van der Waals surface area (Å²) in [6, 6.07) is -0.988. The summed E-state index contributed by atoms with van der Waals surface area (Å²) in [6.45, 7) is 0.0243. The number of nitrogens with zero attached hydrogens (tertiary/aromatic N) is 2. The molecule has 0 spiro atoms. The molecule has 0 amide bonds. The zero-order chi connectivity index (χ0) is 13.3. The maximum absolute atomic E-state index is 11.1. The molecule has 0 aliphatic heterocycles. The topological polar surface area (TPSA) is 200 Å². The van der Waals surface area contributed by atoms with Crippen LogP contribution in [0.4, 0.5) is 0 Å². The Morgan fingerprint density at radius 3 is 2.53 bits per heavy atom.